The van der Waals surface area contributed by atoms with Gasteiger partial charge in [0, 0.05) is 0 Å². The molecule has 0 heterocycles. The Balaban J connectivity index is 4.25. The van der Waals surface area contributed by atoms with Crippen LogP contribution >= 0.6 is 22.4 Å². The van der Waals surface area contributed by atoms with Crippen molar-refractivity contribution in [2.45, 2.75) is 50.5 Å². The summed E-state index contributed by atoms with van der Waals surface area (Å²) >= 11 is 3.56. The van der Waals surface area contributed by atoms with Gasteiger partial charge in [-0.05, 0) is 6.92 Å². The molecule has 0 atom stereocenters. The molecule has 13 heavy (non-hydrogen) atoms. The third-order valence-electron chi connectivity index (χ3n) is 0.991. The van der Waals surface area contributed by atoms with Gasteiger partial charge in [0.25, 0.3) is 0 Å². The monoisotopic (exact) mass is 254 g/mol. The maximum atomic E-state index is 10.2. The average molecular weight is 255 g/mol. The fraction of sp³-hybridized carbons (Fsp3) is 1.00. The molecule has 0 aliphatic carbocycles. The molecule has 0 aromatic carbocycles. The Morgan fingerprint density at radius 3 is 1.23 bits per heavy atom. The zero-order valence-corrected chi connectivity index (χ0v) is 13.4. The Hall–Kier alpha value is 1.09. The summed E-state index contributed by atoms with van der Waals surface area (Å²) in [5, 5.41) is 10.2. The molecule has 5 heteroatoms. The molecule has 80 valence electrons. The highest BCUT2D eigenvalue weighted by Crippen LogP contribution is 2.44. The Bertz CT molecular complexity index is 152. The lowest BCUT2D eigenvalue weighted by molar-refractivity contribution is 0.254. The molecule has 0 spiro atoms. The van der Waals surface area contributed by atoms with Crippen molar-refractivity contribution in [3.8, 4) is 0 Å². The van der Waals surface area contributed by atoms with E-state index in [2.05, 4.69) is 39.3 Å². The van der Waals surface area contributed by atoms with Crippen LogP contribution in [0.4, 0.5) is 0 Å². The van der Waals surface area contributed by atoms with E-state index in [1.54, 1.807) is 22.4 Å². The molecule has 1 nitrogen and oxygen atoms in total. The predicted molar refractivity (Wildman–Crippen MR) is 72.5 cm³/mol. The van der Waals surface area contributed by atoms with Crippen LogP contribution in [0.25, 0.3) is 0 Å². The number of hydrogen-bond donors (Lipinski definition) is 1. The van der Waals surface area contributed by atoms with Crippen LogP contribution in [0.5, 0.6) is 0 Å². The van der Waals surface area contributed by atoms with Gasteiger partial charge in [-0.3, -0.25) is 0 Å². The van der Waals surface area contributed by atoms with E-state index in [0.29, 0.717) is 0 Å². The minimum atomic E-state index is -1.22. The highest BCUT2D eigenvalue weighted by Gasteiger charge is 2.34. The van der Waals surface area contributed by atoms with Gasteiger partial charge in [-0.15, -0.1) is 22.4 Å². The van der Waals surface area contributed by atoms with Crippen LogP contribution in [-0.2, 0) is 0 Å². The molecular weight excluding hydrogens is 232 g/mol. The molecule has 0 amide bonds. The molecule has 0 radical (unpaired) electrons. The van der Waals surface area contributed by atoms with E-state index in [-0.39, 0.29) is 0 Å². The first-order valence-corrected chi connectivity index (χ1v) is 14.6. The number of rotatable bonds is 4. The smallest absolute Gasteiger partial charge is 0.144 e. The van der Waals surface area contributed by atoms with E-state index in [1.165, 1.54) is 0 Å². The molecule has 0 aliphatic heterocycles. The largest absolute Gasteiger partial charge is 0.372 e. The van der Waals surface area contributed by atoms with Crippen LogP contribution in [0.3, 0.4) is 0 Å². The van der Waals surface area contributed by atoms with Crippen LogP contribution in [0, 0.1) is 0 Å². The topological polar surface area (TPSA) is 20.2 Å². The van der Waals surface area contributed by atoms with Gasteiger partial charge >= 0.3 is 0 Å². The number of aliphatic hydroxyl groups is 1. The van der Waals surface area contributed by atoms with E-state index >= 15 is 0 Å². The maximum absolute atomic E-state index is 10.2. The van der Waals surface area contributed by atoms with Gasteiger partial charge in [0.05, 0.1) is 0 Å². The Morgan fingerprint density at radius 2 is 1.08 bits per heavy atom. The lowest BCUT2D eigenvalue weighted by Crippen LogP contribution is -2.32. The molecule has 0 aromatic rings. The van der Waals surface area contributed by atoms with Gasteiger partial charge in [0.1, 0.15) is 18.7 Å². The fourth-order valence-corrected chi connectivity index (χ4v) is 16.4. The maximum Gasteiger partial charge on any atom is 0.144 e. The first-order chi connectivity index (χ1) is 5.41. The predicted octanol–water partition coefficient (Wildman–Crippen LogP) is 3.79. The SMILES string of the molecule is CC(O)(S[Si](C)(C)C)S[Si](C)(C)C. The summed E-state index contributed by atoms with van der Waals surface area (Å²) in [6.07, 6.45) is 0. The van der Waals surface area contributed by atoms with Gasteiger partial charge in [-0.25, -0.2) is 0 Å². The van der Waals surface area contributed by atoms with Gasteiger partial charge in [-0.2, -0.15) is 0 Å². The van der Waals surface area contributed by atoms with Gasteiger partial charge in [0.2, 0.25) is 0 Å². The van der Waals surface area contributed by atoms with Crippen molar-refractivity contribution < 1.29 is 5.11 Å². The van der Waals surface area contributed by atoms with E-state index in [4.69, 9.17) is 0 Å². The summed E-state index contributed by atoms with van der Waals surface area (Å²) in [4.78, 5) is 0. The summed E-state index contributed by atoms with van der Waals surface area (Å²) in [5.41, 5.74) is 0. The van der Waals surface area contributed by atoms with Crippen molar-refractivity contribution in [3.05, 3.63) is 0 Å². The van der Waals surface area contributed by atoms with Gasteiger partial charge < -0.3 is 5.11 Å². The Labute approximate surface area is 92.4 Å². The molecule has 0 rings (SSSR count). The molecule has 0 aromatic heterocycles. The molecular formula is C8H22OS2Si2. The van der Waals surface area contributed by atoms with Crippen molar-refractivity contribution >= 4 is 36.9 Å². The summed E-state index contributed by atoms with van der Waals surface area (Å²) in [7, 11) is -2.45. The van der Waals surface area contributed by atoms with E-state index < -0.39 is 18.7 Å². The van der Waals surface area contributed by atoms with E-state index in [0.717, 1.165) is 0 Å². The van der Waals surface area contributed by atoms with Crippen LogP contribution in [0.15, 0.2) is 0 Å². The summed E-state index contributed by atoms with van der Waals surface area (Å²) < 4.78 is -0.574. The van der Waals surface area contributed by atoms with Crippen molar-refractivity contribution in [1.29, 1.82) is 0 Å². The third kappa shape index (κ3) is 9.40. The molecule has 0 fully saturated rings. The Morgan fingerprint density at radius 1 is 0.846 bits per heavy atom. The van der Waals surface area contributed by atoms with Crippen molar-refractivity contribution in [1.82, 2.24) is 0 Å². The molecule has 0 unspecified atom stereocenters. The highest BCUT2D eigenvalue weighted by atomic mass is 32.4. The second-order valence-corrected chi connectivity index (χ2v) is 24.6. The zero-order valence-electron chi connectivity index (χ0n) is 9.76. The lowest BCUT2D eigenvalue weighted by atomic mass is 10.9. The average Bonchev–Trinajstić information content (AvgIpc) is 1.43. The van der Waals surface area contributed by atoms with Crippen molar-refractivity contribution in [2.24, 2.45) is 0 Å². The van der Waals surface area contributed by atoms with Crippen molar-refractivity contribution in [3.63, 3.8) is 0 Å². The zero-order chi connectivity index (χ0) is 10.9. The Kier molecular flexibility index (Phi) is 4.67. The van der Waals surface area contributed by atoms with Gasteiger partial charge in [-0.1, -0.05) is 39.3 Å². The molecule has 0 saturated heterocycles. The van der Waals surface area contributed by atoms with Crippen LogP contribution in [0.1, 0.15) is 6.92 Å². The minimum Gasteiger partial charge on any atom is -0.372 e. The summed E-state index contributed by atoms with van der Waals surface area (Å²) in [6.45, 7) is 15.6. The van der Waals surface area contributed by atoms with Gasteiger partial charge in [0.15, 0.2) is 0 Å². The molecule has 0 aliphatic rings. The second kappa shape index (κ2) is 4.30. The standard InChI is InChI=1S/C8H22OS2Si2/c1-8(9,10-12(2,3)4)11-13(5,6)7/h9H,1-7H3. The highest BCUT2D eigenvalue weighted by molar-refractivity contribution is 8.43. The molecule has 1 N–H and O–H groups in total. The summed E-state index contributed by atoms with van der Waals surface area (Å²) in [6, 6.07) is 0. The molecule has 0 bridgehead atoms. The van der Waals surface area contributed by atoms with Crippen LogP contribution in [0.2, 0.25) is 39.3 Å². The second-order valence-electron chi connectivity index (χ2n) is 5.33. The van der Waals surface area contributed by atoms with Crippen LogP contribution < -0.4 is 0 Å². The van der Waals surface area contributed by atoms with Crippen molar-refractivity contribution in [2.75, 3.05) is 0 Å². The number of hydrogen-bond acceptors (Lipinski definition) is 3. The fourth-order valence-electron chi connectivity index (χ4n) is 1.16. The normalized spacial score (nSPS) is 14.8. The first-order valence-electron chi connectivity index (χ1n) is 4.54. The minimum absolute atomic E-state index is 0.574. The first kappa shape index (κ1) is 14.1. The van der Waals surface area contributed by atoms with E-state index in [1.807, 2.05) is 6.92 Å². The quantitative estimate of drug-likeness (QED) is 0.609. The molecule has 0 saturated carbocycles. The third-order valence-corrected chi connectivity index (χ3v) is 10.4. The lowest BCUT2D eigenvalue weighted by Gasteiger charge is -2.33. The summed E-state index contributed by atoms with van der Waals surface area (Å²) in [5.74, 6) is 0. The van der Waals surface area contributed by atoms with E-state index in [9.17, 15) is 5.11 Å². The van der Waals surface area contributed by atoms with Crippen LogP contribution in [-0.4, -0.2) is 23.8 Å².